The van der Waals surface area contributed by atoms with Gasteiger partial charge in [0.1, 0.15) is 29.8 Å². The summed E-state index contributed by atoms with van der Waals surface area (Å²) in [6, 6.07) is 9.85. The number of benzene rings is 1. The Balaban J connectivity index is 1.77. The summed E-state index contributed by atoms with van der Waals surface area (Å²) in [5, 5.41) is 5.56. The van der Waals surface area contributed by atoms with Crippen LogP contribution in [0.3, 0.4) is 0 Å². The lowest BCUT2D eigenvalue weighted by Crippen LogP contribution is -2.17. The van der Waals surface area contributed by atoms with Crippen LogP contribution in [0.4, 0.5) is 5.82 Å². The summed E-state index contributed by atoms with van der Waals surface area (Å²) in [7, 11) is 3.65. The molecule has 0 bridgehead atoms. The Labute approximate surface area is 149 Å². The van der Waals surface area contributed by atoms with Gasteiger partial charge in [-0.1, -0.05) is 12.1 Å². The highest BCUT2D eigenvalue weighted by molar-refractivity contribution is 7.17. The Kier molecular flexibility index (Phi) is 4.07. The Bertz CT molecular complexity index is 992. The van der Waals surface area contributed by atoms with Crippen LogP contribution in [0, 0.1) is 0 Å². The maximum atomic E-state index is 5.27. The van der Waals surface area contributed by atoms with Crippen LogP contribution in [0.1, 0.15) is 17.4 Å². The van der Waals surface area contributed by atoms with Gasteiger partial charge in [0.05, 0.1) is 17.3 Å². The van der Waals surface area contributed by atoms with Crippen molar-refractivity contribution in [3.8, 4) is 5.75 Å². The molecule has 4 aromatic rings. The van der Waals surface area contributed by atoms with Crippen LogP contribution in [0.15, 0.2) is 54.4 Å². The Hall–Kier alpha value is -2.93. The van der Waals surface area contributed by atoms with Crippen LogP contribution >= 0.6 is 11.3 Å². The van der Waals surface area contributed by atoms with Gasteiger partial charge in [-0.25, -0.2) is 15.0 Å². The summed E-state index contributed by atoms with van der Waals surface area (Å²) < 4.78 is 8.31. The Morgan fingerprint density at radius 1 is 1.12 bits per heavy atom. The van der Waals surface area contributed by atoms with E-state index in [9.17, 15) is 0 Å². The molecule has 1 N–H and O–H groups in total. The number of aromatic nitrogens is 4. The molecule has 0 fully saturated rings. The number of ether oxygens (including phenoxy) is 1. The first-order valence-corrected chi connectivity index (χ1v) is 8.70. The van der Waals surface area contributed by atoms with Gasteiger partial charge in [-0.15, -0.1) is 11.3 Å². The highest BCUT2D eigenvalue weighted by Gasteiger charge is 2.20. The van der Waals surface area contributed by atoms with Gasteiger partial charge in [0, 0.05) is 19.4 Å². The van der Waals surface area contributed by atoms with E-state index in [-0.39, 0.29) is 6.04 Å². The normalized spacial score (nSPS) is 12.2. The summed E-state index contributed by atoms with van der Waals surface area (Å²) in [6.07, 6.45) is 5.32. The van der Waals surface area contributed by atoms with Crippen molar-refractivity contribution in [1.29, 1.82) is 0 Å². The lowest BCUT2D eigenvalue weighted by atomic mass is 10.1. The van der Waals surface area contributed by atoms with Gasteiger partial charge in [-0.3, -0.25) is 0 Å². The molecule has 0 aliphatic heterocycles. The predicted octanol–water partition coefficient (Wildman–Crippen LogP) is 3.63. The number of fused-ring (bicyclic) bond motifs is 1. The van der Waals surface area contributed by atoms with Crippen LogP contribution in [0.25, 0.3) is 10.2 Å². The first-order chi connectivity index (χ1) is 12.3. The molecular weight excluding hydrogens is 334 g/mol. The summed E-state index contributed by atoms with van der Waals surface area (Å²) >= 11 is 1.62. The van der Waals surface area contributed by atoms with Crippen LogP contribution in [-0.4, -0.2) is 26.6 Å². The van der Waals surface area contributed by atoms with E-state index in [4.69, 9.17) is 4.74 Å². The van der Waals surface area contributed by atoms with Crippen molar-refractivity contribution < 1.29 is 4.74 Å². The van der Waals surface area contributed by atoms with Crippen LogP contribution in [-0.2, 0) is 7.05 Å². The van der Waals surface area contributed by atoms with Crippen molar-refractivity contribution in [3.63, 3.8) is 0 Å². The number of rotatable bonds is 5. The molecule has 3 aromatic heterocycles. The Morgan fingerprint density at radius 3 is 2.68 bits per heavy atom. The number of anilines is 1. The third-order valence-corrected chi connectivity index (χ3v) is 5.00. The zero-order valence-electron chi connectivity index (χ0n) is 13.9. The minimum Gasteiger partial charge on any atom is -0.497 e. The zero-order chi connectivity index (χ0) is 17.2. The average Bonchev–Trinajstić information content (AvgIpc) is 3.29. The number of nitrogens with one attached hydrogen (secondary N) is 1. The maximum absolute atomic E-state index is 5.27. The fourth-order valence-corrected chi connectivity index (χ4v) is 3.57. The molecule has 25 heavy (non-hydrogen) atoms. The summed E-state index contributed by atoms with van der Waals surface area (Å²) in [4.78, 5) is 13.3. The standard InChI is InChI=1S/C18H17N5OS/c1-23-9-8-19-18(23)15(12-3-5-13(24-2)6-4-12)22-17-16-14(7-10-25-16)20-11-21-17/h3-11,15H,1-2H3,(H,20,21,22)/t15-/m0/s1. The van der Waals surface area contributed by atoms with E-state index in [0.29, 0.717) is 0 Å². The van der Waals surface area contributed by atoms with E-state index < -0.39 is 0 Å². The van der Waals surface area contributed by atoms with Crippen LogP contribution in [0.5, 0.6) is 5.75 Å². The molecule has 126 valence electrons. The SMILES string of the molecule is COc1ccc([C@H](Nc2ncnc3ccsc23)c2nccn2C)cc1. The van der Waals surface area contributed by atoms with Gasteiger partial charge in [0.25, 0.3) is 0 Å². The van der Waals surface area contributed by atoms with Crippen LogP contribution < -0.4 is 10.1 Å². The lowest BCUT2D eigenvalue weighted by molar-refractivity contribution is 0.414. The van der Waals surface area contributed by atoms with Gasteiger partial charge < -0.3 is 14.6 Å². The highest BCUT2D eigenvalue weighted by atomic mass is 32.1. The molecule has 0 unspecified atom stereocenters. The van der Waals surface area contributed by atoms with E-state index in [0.717, 1.165) is 33.2 Å². The number of hydrogen-bond acceptors (Lipinski definition) is 6. The molecule has 0 amide bonds. The molecule has 1 atom stereocenters. The molecule has 0 aliphatic carbocycles. The minimum absolute atomic E-state index is 0.133. The fourth-order valence-electron chi connectivity index (χ4n) is 2.78. The average molecular weight is 351 g/mol. The highest BCUT2D eigenvalue weighted by Crippen LogP contribution is 2.31. The first-order valence-electron chi connectivity index (χ1n) is 7.82. The molecule has 7 heteroatoms. The molecule has 4 rings (SSSR count). The van der Waals surface area contributed by atoms with E-state index in [2.05, 4.69) is 20.3 Å². The fraction of sp³-hybridized carbons (Fsp3) is 0.167. The number of thiophene rings is 1. The second kappa shape index (κ2) is 6.52. The predicted molar refractivity (Wildman–Crippen MR) is 99.1 cm³/mol. The van der Waals surface area contributed by atoms with Crippen molar-refractivity contribution in [2.24, 2.45) is 7.05 Å². The monoisotopic (exact) mass is 351 g/mol. The van der Waals surface area contributed by atoms with Gasteiger partial charge in [-0.05, 0) is 29.1 Å². The summed E-state index contributed by atoms with van der Waals surface area (Å²) in [5.74, 6) is 2.54. The zero-order valence-corrected chi connectivity index (χ0v) is 14.7. The van der Waals surface area contributed by atoms with Crippen molar-refractivity contribution in [3.05, 3.63) is 65.8 Å². The molecule has 0 saturated carbocycles. The van der Waals surface area contributed by atoms with Crippen molar-refractivity contribution in [2.45, 2.75) is 6.04 Å². The number of nitrogens with zero attached hydrogens (tertiary/aromatic N) is 4. The molecule has 0 spiro atoms. The van der Waals surface area contributed by atoms with E-state index in [1.807, 2.05) is 53.5 Å². The van der Waals surface area contributed by atoms with E-state index >= 15 is 0 Å². The van der Waals surface area contributed by atoms with Gasteiger partial charge >= 0.3 is 0 Å². The summed E-state index contributed by atoms with van der Waals surface area (Å²) in [5.41, 5.74) is 2.02. The molecule has 0 saturated heterocycles. The number of aryl methyl sites for hydroxylation is 1. The molecule has 1 aromatic carbocycles. The van der Waals surface area contributed by atoms with Crippen LogP contribution in [0.2, 0.25) is 0 Å². The second-order valence-electron chi connectivity index (χ2n) is 5.60. The summed E-state index contributed by atoms with van der Waals surface area (Å²) in [6.45, 7) is 0. The third-order valence-electron chi connectivity index (χ3n) is 4.09. The molecule has 0 radical (unpaired) electrons. The second-order valence-corrected chi connectivity index (χ2v) is 6.52. The molecular formula is C18H17N5OS. The van der Waals surface area contributed by atoms with Crippen molar-refractivity contribution >= 4 is 27.4 Å². The van der Waals surface area contributed by atoms with Gasteiger partial charge in [-0.2, -0.15) is 0 Å². The largest absolute Gasteiger partial charge is 0.497 e. The third kappa shape index (κ3) is 2.94. The number of hydrogen-bond donors (Lipinski definition) is 1. The first kappa shape index (κ1) is 15.6. The molecule has 6 nitrogen and oxygen atoms in total. The smallest absolute Gasteiger partial charge is 0.148 e. The molecule has 0 aliphatic rings. The van der Waals surface area contributed by atoms with Crippen molar-refractivity contribution in [2.75, 3.05) is 12.4 Å². The van der Waals surface area contributed by atoms with E-state index in [1.54, 1.807) is 31.0 Å². The molecule has 3 heterocycles. The minimum atomic E-state index is -0.133. The maximum Gasteiger partial charge on any atom is 0.148 e. The number of imidazole rings is 1. The lowest BCUT2D eigenvalue weighted by Gasteiger charge is -2.20. The van der Waals surface area contributed by atoms with Gasteiger partial charge in [0.2, 0.25) is 0 Å². The van der Waals surface area contributed by atoms with Crippen molar-refractivity contribution in [1.82, 2.24) is 19.5 Å². The topological polar surface area (TPSA) is 64.9 Å². The quantitative estimate of drug-likeness (QED) is 0.595. The number of methoxy groups -OCH3 is 1. The van der Waals surface area contributed by atoms with E-state index in [1.165, 1.54) is 0 Å². The Morgan fingerprint density at radius 2 is 1.96 bits per heavy atom. The van der Waals surface area contributed by atoms with Gasteiger partial charge in [0.15, 0.2) is 0 Å².